The summed E-state index contributed by atoms with van der Waals surface area (Å²) < 4.78 is 40.0. The minimum Gasteiger partial charge on any atom is -0.360 e. The van der Waals surface area contributed by atoms with Gasteiger partial charge >= 0.3 is 0 Å². The second-order valence-corrected chi connectivity index (χ2v) is 7.06. The largest absolute Gasteiger partial charge is 0.360 e. The molecule has 0 saturated carbocycles. The van der Waals surface area contributed by atoms with E-state index in [0.717, 1.165) is 30.2 Å². The second-order valence-electron chi connectivity index (χ2n) is 5.38. The summed E-state index contributed by atoms with van der Waals surface area (Å²) in [6.07, 6.45) is -0.417. The quantitative estimate of drug-likeness (QED) is 0.791. The van der Waals surface area contributed by atoms with Gasteiger partial charge in [0.2, 0.25) is 10.0 Å². The lowest BCUT2D eigenvalue weighted by Crippen LogP contribution is -2.51. The second kappa shape index (κ2) is 6.21. The Labute approximate surface area is 139 Å². The number of benzene rings is 2. The van der Waals surface area contributed by atoms with Crippen LogP contribution in [0.2, 0.25) is 0 Å². The number of nitrogens with one attached hydrogen (secondary N) is 3. The molecule has 24 heavy (non-hydrogen) atoms. The van der Waals surface area contributed by atoms with Crippen LogP contribution in [0.3, 0.4) is 0 Å². The Morgan fingerprint density at radius 3 is 2.79 bits per heavy atom. The van der Waals surface area contributed by atoms with Gasteiger partial charge < -0.3 is 10.6 Å². The summed E-state index contributed by atoms with van der Waals surface area (Å²) in [4.78, 5) is 12.3. The number of carbonyl (C=O) groups excluding carboxylic acids is 1. The van der Waals surface area contributed by atoms with Crippen molar-refractivity contribution in [2.75, 3.05) is 10.6 Å². The van der Waals surface area contributed by atoms with Crippen molar-refractivity contribution in [3.63, 3.8) is 0 Å². The third-order valence-electron chi connectivity index (χ3n) is 3.67. The topological polar surface area (TPSA) is 87.3 Å². The standard InChI is InChI=1S/C16H16FN3O3S/c1-2-10-4-3-5-12(8-10)18-16(21)15-19-13-9-11(17)6-7-14(13)24(22,23)20-15/h3-9,15,19-20H,2H2,1H3,(H,18,21)/t15-/m1/s1. The molecule has 2 aromatic rings. The van der Waals surface area contributed by atoms with Gasteiger partial charge in [0.05, 0.1) is 5.69 Å². The van der Waals surface area contributed by atoms with Crippen molar-refractivity contribution in [1.29, 1.82) is 0 Å². The number of aryl methyl sites for hydroxylation is 1. The first-order valence-electron chi connectivity index (χ1n) is 7.37. The van der Waals surface area contributed by atoms with Crippen molar-refractivity contribution in [3.8, 4) is 0 Å². The van der Waals surface area contributed by atoms with Crippen LogP contribution in [0.1, 0.15) is 12.5 Å². The van der Waals surface area contributed by atoms with Gasteiger partial charge in [-0.15, -0.1) is 0 Å². The van der Waals surface area contributed by atoms with Gasteiger partial charge in [-0.05, 0) is 42.3 Å². The molecule has 2 aromatic carbocycles. The van der Waals surface area contributed by atoms with Crippen molar-refractivity contribution in [3.05, 3.63) is 53.8 Å². The monoisotopic (exact) mass is 349 g/mol. The Morgan fingerprint density at radius 2 is 2.04 bits per heavy atom. The number of halogens is 1. The van der Waals surface area contributed by atoms with Crippen LogP contribution >= 0.6 is 0 Å². The maximum absolute atomic E-state index is 13.3. The first-order chi connectivity index (χ1) is 11.4. The van der Waals surface area contributed by atoms with E-state index in [9.17, 15) is 17.6 Å². The van der Waals surface area contributed by atoms with Gasteiger partial charge in [0, 0.05) is 5.69 Å². The minimum absolute atomic E-state index is 0.0520. The first kappa shape index (κ1) is 16.4. The Morgan fingerprint density at radius 1 is 1.25 bits per heavy atom. The summed E-state index contributed by atoms with van der Waals surface area (Å²) in [7, 11) is -3.90. The molecule has 0 bridgehead atoms. The number of amides is 1. The van der Waals surface area contributed by atoms with Crippen molar-refractivity contribution < 1.29 is 17.6 Å². The molecule has 0 radical (unpaired) electrons. The molecule has 3 rings (SSSR count). The number of hydrogen-bond acceptors (Lipinski definition) is 4. The van der Waals surface area contributed by atoms with E-state index in [2.05, 4.69) is 15.4 Å². The van der Waals surface area contributed by atoms with Crippen LogP contribution in [0.15, 0.2) is 47.4 Å². The van der Waals surface area contributed by atoms with Crippen molar-refractivity contribution >= 4 is 27.3 Å². The van der Waals surface area contributed by atoms with E-state index in [0.29, 0.717) is 5.69 Å². The molecular formula is C16H16FN3O3S. The summed E-state index contributed by atoms with van der Waals surface area (Å²) in [6, 6.07) is 10.5. The molecule has 0 saturated heterocycles. The van der Waals surface area contributed by atoms with Crippen LogP contribution < -0.4 is 15.4 Å². The molecular weight excluding hydrogens is 333 g/mol. The van der Waals surface area contributed by atoms with Gasteiger partial charge in [-0.2, -0.15) is 4.72 Å². The summed E-state index contributed by atoms with van der Waals surface area (Å²) in [6.45, 7) is 1.99. The molecule has 1 heterocycles. The Kier molecular flexibility index (Phi) is 4.25. The first-order valence-corrected chi connectivity index (χ1v) is 8.85. The van der Waals surface area contributed by atoms with E-state index in [1.165, 1.54) is 0 Å². The molecule has 8 heteroatoms. The van der Waals surface area contributed by atoms with E-state index in [1.54, 1.807) is 12.1 Å². The molecule has 0 spiro atoms. The van der Waals surface area contributed by atoms with Gasteiger partial charge in [-0.3, -0.25) is 4.79 Å². The Bertz CT molecular complexity index is 899. The summed E-state index contributed by atoms with van der Waals surface area (Å²) in [5, 5.41) is 5.35. The summed E-state index contributed by atoms with van der Waals surface area (Å²) in [5.74, 6) is -1.17. The zero-order valence-corrected chi connectivity index (χ0v) is 13.7. The Hall–Kier alpha value is -2.45. The predicted molar refractivity (Wildman–Crippen MR) is 88.6 cm³/mol. The number of fused-ring (bicyclic) bond motifs is 1. The molecule has 1 amide bonds. The van der Waals surface area contributed by atoms with E-state index in [1.807, 2.05) is 19.1 Å². The van der Waals surface area contributed by atoms with Crippen LogP contribution in [0, 0.1) is 5.82 Å². The average Bonchev–Trinajstić information content (AvgIpc) is 2.53. The lowest BCUT2D eigenvalue weighted by atomic mass is 10.1. The highest BCUT2D eigenvalue weighted by Crippen LogP contribution is 2.27. The smallest absolute Gasteiger partial charge is 0.262 e. The molecule has 0 unspecified atom stereocenters. The molecule has 126 valence electrons. The maximum atomic E-state index is 13.3. The van der Waals surface area contributed by atoms with Gasteiger partial charge in [0.15, 0.2) is 6.17 Å². The predicted octanol–water partition coefficient (Wildman–Crippen LogP) is 2.06. The number of sulfonamides is 1. The fourth-order valence-electron chi connectivity index (χ4n) is 2.46. The number of rotatable bonds is 3. The molecule has 3 N–H and O–H groups in total. The zero-order valence-electron chi connectivity index (χ0n) is 12.8. The van der Waals surface area contributed by atoms with Gasteiger partial charge in [0.25, 0.3) is 5.91 Å². The zero-order chi connectivity index (χ0) is 17.3. The molecule has 0 aromatic heterocycles. The third kappa shape index (κ3) is 3.24. The van der Waals surface area contributed by atoms with Crippen LogP contribution in [0.5, 0.6) is 0 Å². The highest BCUT2D eigenvalue weighted by atomic mass is 32.2. The molecule has 0 fully saturated rings. The van der Waals surface area contributed by atoms with Gasteiger partial charge in [-0.25, -0.2) is 12.8 Å². The highest BCUT2D eigenvalue weighted by Gasteiger charge is 2.33. The summed E-state index contributed by atoms with van der Waals surface area (Å²) >= 11 is 0. The Balaban J connectivity index is 1.84. The number of carbonyl (C=O) groups is 1. The van der Waals surface area contributed by atoms with E-state index >= 15 is 0 Å². The van der Waals surface area contributed by atoms with E-state index in [-0.39, 0.29) is 10.6 Å². The lowest BCUT2D eigenvalue weighted by Gasteiger charge is -2.27. The van der Waals surface area contributed by atoms with E-state index < -0.39 is 27.9 Å². The SMILES string of the molecule is CCc1cccc(NC(=O)[C@@H]2Nc3cc(F)ccc3S(=O)(=O)N2)c1. The summed E-state index contributed by atoms with van der Waals surface area (Å²) in [5.41, 5.74) is 1.65. The lowest BCUT2D eigenvalue weighted by molar-refractivity contribution is -0.117. The number of anilines is 2. The minimum atomic E-state index is -3.90. The molecule has 1 aliphatic heterocycles. The maximum Gasteiger partial charge on any atom is 0.262 e. The average molecular weight is 349 g/mol. The van der Waals surface area contributed by atoms with Crippen LogP contribution in [-0.2, 0) is 21.2 Å². The molecule has 6 nitrogen and oxygen atoms in total. The van der Waals surface area contributed by atoms with Crippen molar-refractivity contribution in [2.24, 2.45) is 0 Å². The van der Waals surface area contributed by atoms with Gasteiger partial charge in [0.1, 0.15) is 10.7 Å². The van der Waals surface area contributed by atoms with Crippen molar-refractivity contribution in [1.82, 2.24) is 4.72 Å². The third-order valence-corrected chi connectivity index (χ3v) is 5.15. The fraction of sp³-hybridized carbons (Fsp3) is 0.188. The molecule has 1 aliphatic rings. The van der Waals surface area contributed by atoms with Crippen LogP contribution in [-0.4, -0.2) is 20.5 Å². The molecule has 0 aliphatic carbocycles. The normalized spacial score (nSPS) is 18.3. The van der Waals surface area contributed by atoms with Crippen LogP contribution in [0.4, 0.5) is 15.8 Å². The fourth-order valence-corrected chi connectivity index (χ4v) is 3.71. The van der Waals surface area contributed by atoms with Crippen LogP contribution in [0.25, 0.3) is 0 Å². The van der Waals surface area contributed by atoms with Gasteiger partial charge in [-0.1, -0.05) is 19.1 Å². The van der Waals surface area contributed by atoms with E-state index in [4.69, 9.17) is 0 Å². The highest BCUT2D eigenvalue weighted by molar-refractivity contribution is 7.89. The number of hydrogen-bond donors (Lipinski definition) is 3. The van der Waals surface area contributed by atoms with Crippen molar-refractivity contribution in [2.45, 2.75) is 24.4 Å². The molecule has 1 atom stereocenters.